The van der Waals surface area contributed by atoms with Crippen molar-refractivity contribution in [1.29, 1.82) is 0 Å². The van der Waals surface area contributed by atoms with Gasteiger partial charge in [-0.25, -0.2) is 8.78 Å². The van der Waals surface area contributed by atoms with E-state index in [1.807, 2.05) is 0 Å². The Kier molecular flexibility index (Phi) is 5.27. The van der Waals surface area contributed by atoms with Crippen LogP contribution in [0.2, 0.25) is 0 Å². The highest BCUT2D eigenvalue weighted by atomic mass is 19.1. The van der Waals surface area contributed by atoms with Crippen molar-refractivity contribution < 1.29 is 13.6 Å². The van der Waals surface area contributed by atoms with Gasteiger partial charge in [0, 0.05) is 18.3 Å². The molecule has 7 heteroatoms. The van der Waals surface area contributed by atoms with E-state index in [0.29, 0.717) is 11.3 Å². The molecule has 1 atom stereocenters. The maximum atomic E-state index is 14.4. The Morgan fingerprint density at radius 2 is 2.08 bits per heavy atom. The van der Waals surface area contributed by atoms with Gasteiger partial charge < -0.3 is 16.8 Å². The van der Waals surface area contributed by atoms with E-state index in [0.717, 1.165) is 38.1 Å². The smallest absolute Gasteiger partial charge is 0.250 e. The standard InChI is InChI=1S/C19H20F2N4O/c20-13-6-12(18(22)16(7-13)19(23)26)10-25-14-3-4-15(17(21)8-14)11-2-1-5-24-9-11/h3-4,6-8,10-11,24H,1-2,5,9,22H2,(H2,23,26). The van der Waals surface area contributed by atoms with Crippen molar-refractivity contribution in [2.75, 3.05) is 18.8 Å². The number of carbonyl (C=O) groups excluding carboxylic acids is 1. The number of rotatable bonds is 4. The molecule has 0 aliphatic carbocycles. The largest absolute Gasteiger partial charge is 0.398 e. The average Bonchev–Trinajstić information content (AvgIpc) is 2.62. The summed E-state index contributed by atoms with van der Waals surface area (Å²) in [5.74, 6) is -1.65. The first-order valence-electron chi connectivity index (χ1n) is 8.38. The van der Waals surface area contributed by atoms with E-state index in [4.69, 9.17) is 11.5 Å². The van der Waals surface area contributed by atoms with Crippen molar-refractivity contribution in [1.82, 2.24) is 5.32 Å². The molecular weight excluding hydrogens is 338 g/mol. The van der Waals surface area contributed by atoms with Crippen LogP contribution in [0.5, 0.6) is 0 Å². The van der Waals surface area contributed by atoms with Crippen molar-refractivity contribution in [2.45, 2.75) is 18.8 Å². The molecule has 1 fully saturated rings. The van der Waals surface area contributed by atoms with E-state index >= 15 is 0 Å². The quantitative estimate of drug-likeness (QED) is 0.579. The molecule has 0 saturated carbocycles. The van der Waals surface area contributed by atoms with Gasteiger partial charge >= 0.3 is 0 Å². The van der Waals surface area contributed by atoms with Crippen molar-refractivity contribution in [3.8, 4) is 0 Å². The molecule has 0 aromatic heterocycles. The highest BCUT2D eigenvalue weighted by Crippen LogP contribution is 2.28. The molecule has 1 heterocycles. The predicted octanol–water partition coefficient (Wildman–Crippen LogP) is 2.86. The second-order valence-electron chi connectivity index (χ2n) is 6.33. The number of aliphatic imine (C=N–C) groups is 1. The Hall–Kier alpha value is -2.80. The first kappa shape index (κ1) is 18.0. The van der Waals surface area contributed by atoms with Gasteiger partial charge in [0.1, 0.15) is 11.6 Å². The molecule has 1 saturated heterocycles. The number of halogens is 2. The third-order valence-corrected chi connectivity index (χ3v) is 4.52. The SMILES string of the molecule is NC(=O)c1cc(F)cc(C=Nc2ccc(C3CCCNC3)c(F)c2)c1N. The Morgan fingerprint density at radius 1 is 1.27 bits per heavy atom. The number of hydrogen-bond acceptors (Lipinski definition) is 4. The molecule has 0 bridgehead atoms. The number of anilines is 1. The lowest BCUT2D eigenvalue weighted by Crippen LogP contribution is -2.28. The summed E-state index contributed by atoms with van der Waals surface area (Å²) in [4.78, 5) is 15.5. The van der Waals surface area contributed by atoms with Gasteiger partial charge in [-0.15, -0.1) is 0 Å². The lowest BCUT2D eigenvalue weighted by atomic mass is 9.91. The fraction of sp³-hybridized carbons (Fsp3) is 0.263. The molecule has 1 aliphatic heterocycles. The first-order valence-corrected chi connectivity index (χ1v) is 8.38. The summed E-state index contributed by atoms with van der Waals surface area (Å²) in [6.07, 6.45) is 3.26. The normalized spacial score (nSPS) is 17.5. The molecule has 0 spiro atoms. The van der Waals surface area contributed by atoms with Gasteiger partial charge in [-0.05, 0) is 55.1 Å². The zero-order valence-corrected chi connectivity index (χ0v) is 14.1. The number of hydrogen-bond donors (Lipinski definition) is 3. The van der Waals surface area contributed by atoms with E-state index < -0.39 is 11.7 Å². The van der Waals surface area contributed by atoms with Crippen LogP contribution in [0.4, 0.5) is 20.2 Å². The lowest BCUT2D eigenvalue weighted by molar-refractivity contribution is 0.100. The highest BCUT2D eigenvalue weighted by molar-refractivity contribution is 6.02. The fourth-order valence-corrected chi connectivity index (χ4v) is 3.14. The van der Waals surface area contributed by atoms with Gasteiger partial charge in [-0.3, -0.25) is 9.79 Å². The highest BCUT2D eigenvalue weighted by Gasteiger charge is 2.18. The van der Waals surface area contributed by atoms with Gasteiger partial charge in [0.15, 0.2) is 0 Å². The van der Waals surface area contributed by atoms with Gasteiger partial charge in [-0.1, -0.05) is 6.07 Å². The Bertz CT molecular complexity index is 861. The van der Waals surface area contributed by atoms with Crippen LogP contribution in [-0.2, 0) is 0 Å². The van der Waals surface area contributed by atoms with Crippen molar-refractivity contribution in [3.63, 3.8) is 0 Å². The lowest BCUT2D eigenvalue weighted by Gasteiger charge is -2.23. The number of nitrogens with zero attached hydrogens (tertiary/aromatic N) is 1. The Balaban J connectivity index is 1.85. The second-order valence-corrected chi connectivity index (χ2v) is 6.33. The van der Waals surface area contributed by atoms with Gasteiger partial charge in [0.25, 0.3) is 5.91 Å². The summed E-state index contributed by atoms with van der Waals surface area (Å²) >= 11 is 0. The van der Waals surface area contributed by atoms with E-state index in [-0.39, 0.29) is 28.5 Å². The first-order chi connectivity index (χ1) is 12.5. The number of amides is 1. The molecule has 26 heavy (non-hydrogen) atoms. The van der Waals surface area contributed by atoms with Gasteiger partial charge in [-0.2, -0.15) is 0 Å². The zero-order valence-electron chi connectivity index (χ0n) is 14.1. The van der Waals surface area contributed by atoms with Crippen LogP contribution in [-0.4, -0.2) is 25.2 Å². The fourth-order valence-electron chi connectivity index (χ4n) is 3.14. The number of nitrogen functional groups attached to an aromatic ring is 1. The van der Waals surface area contributed by atoms with E-state index in [1.54, 1.807) is 12.1 Å². The summed E-state index contributed by atoms with van der Waals surface area (Å²) in [7, 11) is 0. The molecule has 136 valence electrons. The summed E-state index contributed by atoms with van der Waals surface area (Å²) in [6.45, 7) is 1.72. The molecule has 5 N–H and O–H groups in total. The van der Waals surface area contributed by atoms with Crippen molar-refractivity contribution in [2.24, 2.45) is 10.7 Å². The van der Waals surface area contributed by atoms with E-state index in [1.165, 1.54) is 12.3 Å². The summed E-state index contributed by atoms with van der Waals surface area (Å²) < 4.78 is 28.1. The molecule has 5 nitrogen and oxygen atoms in total. The molecule has 1 amide bonds. The van der Waals surface area contributed by atoms with Crippen LogP contribution in [0, 0.1) is 11.6 Å². The van der Waals surface area contributed by atoms with Crippen LogP contribution in [0.3, 0.4) is 0 Å². The number of nitrogens with one attached hydrogen (secondary N) is 1. The number of piperidine rings is 1. The summed E-state index contributed by atoms with van der Waals surface area (Å²) in [6, 6.07) is 6.88. The maximum absolute atomic E-state index is 14.4. The van der Waals surface area contributed by atoms with E-state index in [2.05, 4.69) is 10.3 Å². The minimum atomic E-state index is -0.826. The number of nitrogens with two attached hydrogens (primary N) is 2. The van der Waals surface area contributed by atoms with E-state index in [9.17, 15) is 13.6 Å². The zero-order chi connectivity index (χ0) is 18.7. The summed E-state index contributed by atoms with van der Waals surface area (Å²) in [5, 5.41) is 3.26. The monoisotopic (exact) mass is 358 g/mol. The summed E-state index contributed by atoms with van der Waals surface area (Å²) in [5.41, 5.74) is 12.2. The maximum Gasteiger partial charge on any atom is 0.250 e. The third-order valence-electron chi connectivity index (χ3n) is 4.52. The third kappa shape index (κ3) is 3.88. The number of benzene rings is 2. The molecule has 2 aromatic carbocycles. The van der Waals surface area contributed by atoms with Crippen LogP contribution >= 0.6 is 0 Å². The van der Waals surface area contributed by atoms with Crippen LogP contribution in [0.25, 0.3) is 0 Å². The van der Waals surface area contributed by atoms with Crippen LogP contribution in [0.1, 0.15) is 40.2 Å². The predicted molar refractivity (Wildman–Crippen MR) is 97.8 cm³/mol. The van der Waals surface area contributed by atoms with Crippen LogP contribution in [0.15, 0.2) is 35.3 Å². The topological polar surface area (TPSA) is 93.5 Å². The molecule has 1 unspecified atom stereocenters. The minimum absolute atomic E-state index is 0.0352. The molecular formula is C19H20F2N4O. The van der Waals surface area contributed by atoms with Crippen LogP contribution < -0.4 is 16.8 Å². The average molecular weight is 358 g/mol. The van der Waals surface area contributed by atoms with Gasteiger partial charge in [0.2, 0.25) is 0 Å². The number of primary amides is 1. The van der Waals surface area contributed by atoms with Crippen molar-refractivity contribution >= 4 is 23.5 Å². The Morgan fingerprint density at radius 3 is 2.73 bits per heavy atom. The van der Waals surface area contributed by atoms with Crippen molar-refractivity contribution in [3.05, 3.63) is 58.7 Å². The second kappa shape index (κ2) is 7.61. The van der Waals surface area contributed by atoms with Gasteiger partial charge in [0.05, 0.1) is 16.9 Å². The molecule has 3 rings (SSSR count). The molecule has 2 aromatic rings. The molecule has 0 radical (unpaired) electrons. The molecule has 1 aliphatic rings. The Labute approximate surface area is 150 Å². The number of carbonyl (C=O) groups is 1. The minimum Gasteiger partial charge on any atom is -0.398 e.